The fourth-order valence-electron chi connectivity index (χ4n) is 5.86. The summed E-state index contributed by atoms with van der Waals surface area (Å²) in [6.45, 7) is 2.11. The van der Waals surface area contributed by atoms with Crippen molar-refractivity contribution in [1.82, 2.24) is 16.3 Å². The van der Waals surface area contributed by atoms with Crippen LogP contribution in [0.25, 0.3) is 0 Å². The SMILES string of the molecule is C/C(=N\NC(=O)C1NNC2CCCCC21)C1CCC2CCCCC2C1. The fraction of sp³-hybridized carbons (Fsp3) is 0.900. The number of nitrogens with one attached hydrogen (secondary N) is 3. The van der Waals surface area contributed by atoms with Crippen LogP contribution in [0.3, 0.4) is 0 Å². The monoisotopic (exact) mass is 346 g/mol. The minimum Gasteiger partial charge on any atom is -0.271 e. The molecule has 6 unspecified atom stereocenters. The summed E-state index contributed by atoms with van der Waals surface area (Å²) in [5, 5.41) is 4.52. The molecule has 5 heteroatoms. The van der Waals surface area contributed by atoms with E-state index >= 15 is 0 Å². The van der Waals surface area contributed by atoms with Gasteiger partial charge in [0, 0.05) is 17.7 Å². The van der Waals surface area contributed by atoms with Gasteiger partial charge in [-0.1, -0.05) is 38.5 Å². The van der Waals surface area contributed by atoms with Gasteiger partial charge in [0.05, 0.1) is 0 Å². The van der Waals surface area contributed by atoms with Gasteiger partial charge in [0.1, 0.15) is 6.04 Å². The Kier molecular flexibility index (Phi) is 5.41. The van der Waals surface area contributed by atoms with Gasteiger partial charge in [0.25, 0.3) is 5.91 Å². The van der Waals surface area contributed by atoms with E-state index in [1.807, 2.05) is 0 Å². The molecule has 3 N–H and O–H groups in total. The van der Waals surface area contributed by atoms with Gasteiger partial charge in [-0.05, 0) is 56.8 Å². The summed E-state index contributed by atoms with van der Waals surface area (Å²) in [5.41, 5.74) is 10.5. The van der Waals surface area contributed by atoms with E-state index in [2.05, 4.69) is 28.3 Å². The minimum atomic E-state index is -0.129. The lowest BCUT2D eigenvalue weighted by molar-refractivity contribution is -0.123. The zero-order valence-corrected chi connectivity index (χ0v) is 15.6. The van der Waals surface area contributed by atoms with Crippen LogP contribution < -0.4 is 16.3 Å². The molecule has 0 aromatic heterocycles. The normalized spacial score (nSPS) is 41.7. The number of hydrazone groups is 1. The summed E-state index contributed by atoms with van der Waals surface area (Å²) in [4.78, 5) is 12.6. The van der Waals surface area contributed by atoms with E-state index in [0.717, 1.165) is 24.0 Å². The van der Waals surface area contributed by atoms with E-state index < -0.39 is 0 Å². The first-order valence-electron chi connectivity index (χ1n) is 10.6. The first-order chi connectivity index (χ1) is 12.2. The largest absolute Gasteiger partial charge is 0.271 e. The predicted octanol–water partition coefficient (Wildman–Crippen LogP) is 3.12. The average molecular weight is 347 g/mol. The summed E-state index contributed by atoms with van der Waals surface area (Å²) in [5.74, 6) is 2.88. The number of rotatable bonds is 3. The van der Waals surface area contributed by atoms with E-state index in [4.69, 9.17) is 0 Å². The van der Waals surface area contributed by atoms with Crippen molar-refractivity contribution in [3.63, 3.8) is 0 Å². The van der Waals surface area contributed by atoms with Crippen molar-refractivity contribution < 1.29 is 4.79 Å². The molecule has 140 valence electrons. The summed E-state index contributed by atoms with van der Waals surface area (Å²) in [6.07, 6.45) is 14.4. The third-order valence-electron chi connectivity index (χ3n) is 7.43. The van der Waals surface area contributed by atoms with Crippen molar-refractivity contribution in [2.24, 2.45) is 28.8 Å². The second kappa shape index (κ2) is 7.75. The molecule has 0 radical (unpaired) electrons. The standard InChI is InChI=1S/C20H34N4O/c1-13(15-11-10-14-6-2-3-7-16(14)12-15)21-24-20(25)19-17-8-4-5-9-18(17)22-23-19/h14-19,22-23H,2-12H2,1H3,(H,24,25)/b21-13+. The second-order valence-corrected chi connectivity index (χ2v) is 8.86. The molecule has 25 heavy (non-hydrogen) atoms. The fourth-order valence-corrected chi connectivity index (χ4v) is 5.86. The van der Waals surface area contributed by atoms with Crippen LogP contribution in [0.1, 0.15) is 77.6 Å². The number of fused-ring (bicyclic) bond motifs is 2. The highest BCUT2D eigenvalue weighted by Crippen LogP contribution is 2.43. The van der Waals surface area contributed by atoms with Crippen molar-refractivity contribution in [3.05, 3.63) is 0 Å². The summed E-state index contributed by atoms with van der Waals surface area (Å²) >= 11 is 0. The van der Waals surface area contributed by atoms with E-state index in [-0.39, 0.29) is 11.9 Å². The summed E-state index contributed by atoms with van der Waals surface area (Å²) in [6, 6.07) is 0.326. The van der Waals surface area contributed by atoms with Gasteiger partial charge in [-0.15, -0.1) is 0 Å². The Balaban J connectivity index is 1.31. The maximum atomic E-state index is 12.6. The molecule has 1 heterocycles. The van der Waals surface area contributed by atoms with Crippen LogP contribution >= 0.6 is 0 Å². The lowest BCUT2D eigenvalue weighted by atomic mass is 9.67. The van der Waals surface area contributed by atoms with Crippen molar-refractivity contribution >= 4 is 11.6 Å². The van der Waals surface area contributed by atoms with Gasteiger partial charge in [-0.25, -0.2) is 10.9 Å². The zero-order valence-electron chi connectivity index (χ0n) is 15.6. The first kappa shape index (κ1) is 17.5. The van der Waals surface area contributed by atoms with E-state index in [9.17, 15) is 4.79 Å². The van der Waals surface area contributed by atoms with E-state index in [1.54, 1.807) is 0 Å². The topological polar surface area (TPSA) is 65.5 Å². The lowest BCUT2D eigenvalue weighted by Crippen LogP contribution is -2.44. The highest BCUT2D eigenvalue weighted by atomic mass is 16.2. The van der Waals surface area contributed by atoms with Crippen molar-refractivity contribution in [2.75, 3.05) is 0 Å². The van der Waals surface area contributed by atoms with E-state index in [0.29, 0.717) is 17.9 Å². The van der Waals surface area contributed by atoms with Gasteiger partial charge in [0.2, 0.25) is 0 Å². The molecule has 4 fully saturated rings. The van der Waals surface area contributed by atoms with Gasteiger partial charge < -0.3 is 0 Å². The molecule has 0 aromatic carbocycles. The Hall–Kier alpha value is -0.940. The Labute approximate surface area is 151 Å². The molecule has 0 spiro atoms. The quantitative estimate of drug-likeness (QED) is 0.543. The van der Waals surface area contributed by atoms with E-state index in [1.165, 1.54) is 64.2 Å². The molecular weight excluding hydrogens is 312 g/mol. The highest BCUT2D eigenvalue weighted by molar-refractivity contribution is 5.88. The minimum absolute atomic E-state index is 0.0348. The Bertz CT molecular complexity index is 520. The Morgan fingerprint density at radius 2 is 1.68 bits per heavy atom. The van der Waals surface area contributed by atoms with Gasteiger partial charge in [-0.3, -0.25) is 10.2 Å². The molecule has 4 rings (SSSR count). The third kappa shape index (κ3) is 3.77. The number of hydrogen-bond acceptors (Lipinski definition) is 4. The van der Waals surface area contributed by atoms with Crippen LogP contribution in [0.2, 0.25) is 0 Å². The van der Waals surface area contributed by atoms with Crippen LogP contribution in [0.15, 0.2) is 5.10 Å². The molecule has 1 amide bonds. The number of carbonyl (C=O) groups is 1. The maximum absolute atomic E-state index is 12.6. The van der Waals surface area contributed by atoms with Crippen LogP contribution in [0.5, 0.6) is 0 Å². The summed E-state index contributed by atoms with van der Waals surface area (Å²) < 4.78 is 0. The molecule has 3 saturated carbocycles. The molecule has 3 aliphatic carbocycles. The van der Waals surface area contributed by atoms with Crippen LogP contribution in [0.4, 0.5) is 0 Å². The Morgan fingerprint density at radius 3 is 2.56 bits per heavy atom. The van der Waals surface area contributed by atoms with Crippen LogP contribution in [-0.4, -0.2) is 23.7 Å². The maximum Gasteiger partial charge on any atom is 0.258 e. The van der Waals surface area contributed by atoms with Crippen molar-refractivity contribution in [2.45, 2.75) is 89.6 Å². The molecule has 1 aliphatic heterocycles. The molecule has 5 nitrogen and oxygen atoms in total. The Morgan fingerprint density at radius 1 is 0.920 bits per heavy atom. The molecule has 0 bridgehead atoms. The lowest BCUT2D eigenvalue weighted by Gasteiger charge is -2.39. The van der Waals surface area contributed by atoms with Gasteiger partial charge in [0.15, 0.2) is 0 Å². The second-order valence-electron chi connectivity index (χ2n) is 8.86. The van der Waals surface area contributed by atoms with Crippen molar-refractivity contribution in [3.8, 4) is 0 Å². The van der Waals surface area contributed by atoms with Gasteiger partial charge in [-0.2, -0.15) is 5.10 Å². The average Bonchev–Trinajstić information content (AvgIpc) is 3.09. The molecule has 1 saturated heterocycles. The van der Waals surface area contributed by atoms with Gasteiger partial charge >= 0.3 is 0 Å². The zero-order chi connectivity index (χ0) is 17.2. The number of hydrazine groups is 1. The first-order valence-corrected chi connectivity index (χ1v) is 10.6. The van der Waals surface area contributed by atoms with Crippen molar-refractivity contribution in [1.29, 1.82) is 0 Å². The van der Waals surface area contributed by atoms with Crippen LogP contribution in [-0.2, 0) is 4.79 Å². The number of carbonyl (C=O) groups excluding carboxylic acids is 1. The summed E-state index contributed by atoms with van der Waals surface area (Å²) in [7, 11) is 0. The molecule has 4 aliphatic rings. The number of nitrogens with zero attached hydrogens (tertiary/aromatic N) is 1. The number of amides is 1. The molecule has 6 atom stereocenters. The highest BCUT2D eigenvalue weighted by Gasteiger charge is 2.41. The molecular formula is C20H34N4O. The smallest absolute Gasteiger partial charge is 0.258 e. The molecule has 0 aromatic rings. The number of hydrogen-bond donors (Lipinski definition) is 3. The van der Waals surface area contributed by atoms with Crippen LogP contribution in [0, 0.1) is 23.7 Å². The third-order valence-corrected chi connectivity index (χ3v) is 7.43. The predicted molar refractivity (Wildman–Crippen MR) is 99.8 cm³/mol.